The van der Waals surface area contributed by atoms with Crippen molar-refractivity contribution in [1.29, 1.82) is 0 Å². The molecule has 1 fully saturated rings. The molecule has 0 atom stereocenters. The van der Waals surface area contributed by atoms with Crippen LogP contribution in [0.4, 0.5) is 0 Å². The van der Waals surface area contributed by atoms with Crippen LogP contribution in [0.5, 0.6) is 5.75 Å². The molecular formula is C12H17N3O2. The molecule has 0 aromatic carbocycles. The largest absolute Gasteiger partial charge is 0.506 e. The Labute approximate surface area is 100 Å². The number of pyridine rings is 1. The second-order valence-electron chi connectivity index (χ2n) is 4.24. The molecule has 0 aliphatic carbocycles. The summed E-state index contributed by atoms with van der Waals surface area (Å²) in [6, 6.07) is 1.41. The predicted molar refractivity (Wildman–Crippen MR) is 63.9 cm³/mol. The first kappa shape index (κ1) is 11.9. The summed E-state index contributed by atoms with van der Waals surface area (Å²) in [5, 5.41) is 12.0. The van der Waals surface area contributed by atoms with Crippen molar-refractivity contribution in [1.82, 2.24) is 15.2 Å². The number of carbonyl (C=O) groups excluding carboxylic acids is 1. The summed E-state index contributed by atoms with van der Waals surface area (Å²) in [5.74, 6) is -0.176. The molecule has 0 saturated carbocycles. The third-order valence-corrected chi connectivity index (χ3v) is 2.90. The van der Waals surface area contributed by atoms with Gasteiger partial charge in [0, 0.05) is 19.3 Å². The van der Waals surface area contributed by atoms with E-state index in [9.17, 15) is 9.90 Å². The van der Waals surface area contributed by atoms with E-state index in [1.54, 1.807) is 0 Å². The maximum absolute atomic E-state index is 11.7. The lowest BCUT2D eigenvalue weighted by atomic mass is 10.2. The number of hydrogen-bond acceptors (Lipinski definition) is 4. The second-order valence-corrected chi connectivity index (χ2v) is 4.24. The first-order chi connectivity index (χ1) is 8.25. The minimum absolute atomic E-state index is 0.0113. The number of aromatic hydroxyl groups is 1. The lowest BCUT2D eigenvalue weighted by molar-refractivity contribution is 0.0949. The Morgan fingerprint density at radius 3 is 2.88 bits per heavy atom. The van der Waals surface area contributed by atoms with E-state index in [1.807, 2.05) is 0 Å². The van der Waals surface area contributed by atoms with Gasteiger partial charge in [-0.3, -0.25) is 9.78 Å². The number of nitrogens with one attached hydrogen (secondary N) is 1. The fourth-order valence-electron chi connectivity index (χ4n) is 1.99. The van der Waals surface area contributed by atoms with Crippen molar-refractivity contribution in [2.45, 2.75) is 12.8 Å². The minimum atomic E-state index is -0.187. The van der Waals surface area contributed by atoms with Crippen LogP contribution >= 0.6 is 0 Å². The molecule has 5 heteroatoms. The molecule has 0 unspecified atom stereocenters. The molecule has 2 N–H and O–H groups in total. The summed E-state index contributed by atoms with van der Waals surface area (Å²) in [5.41, 5.74) is 0.395. The molecular weight excluding hydrogens is 218 g/mol. The summed E-state index contributed by atoms with van der Waals surface area (Å²) in [6.45, 7) is 3.78. The molecule has 2 rings (SSSR count). The predicted octanol–water partition coefficient (Wildman–Crippen LogP) is 0.613. The van der Waals surface area contributed by atoms with Crippen LogP contribution in [0.1, 0.15) is 23.2 Å². The minimum Gasteiger partial charge on any atom is -0.506 e. The van der Waals surface area contributed by atoms with Gasteiger partial charge < -0.3 is 15.3 Å². The van der Waals surface area contributed by atoms with Crippen molar-refractivity contribution in [3.8, 4) is 5.75 Å². The Morgan fingerprint density at radius 1 is 1.41 bits per heavy atom. The van der Waals surface area contributed by atoms with E-state index >= 15 is 0 Å². The SMILES string of the molecule is O=C(NCCN1CCCC1)c1cncc(O)c1. The Hall–Kier alpha value is -1.62. The molecule has 1 amide bonds. The third kappa shape index (κ3) is 3.42. The molecule has 0 bridgehead atoms. The summed E-state index contributed by atoms with van der Waals surface area (Å²) in [4.78, 5) is 17.8. The molecule has 1 aromatic rings. The van der Waals surface area contributed by atoms with Gasteiger partial charge in [0.25, 0.3) is 5.91 Å². The number of aromatic nitrogens is 1. The van der Waals surface area contributed by atoms with Gasteiger partial charge in [-0.05, 0) is 32.0 Å². The summed E-state index contributed by atoms with van der Waals surface area (Å²) >= 11 is 0. The van der Waals surface area contributed by atoms with Crippen molar-refractivity contribution < 1.29 is 9.90 Å². The highest BCUT2D eigenvalue weighted by molar-refractivity contribution is 5.94. The third-order valence-electron chi connectivity index (χ3n) is 2.90. The highest BCUT2D eigenvalue weighted by Gasteiger charge is 2.11. The van der Waals surface area contributed by atoms with Crippen molar-refractivity contribution in [2.75, 3.05) is 26.2 Å². The van der Waals surface area contributed by atoms with Gasteiger partial charge in [-0.15, -0.1) is 0 Å². The topological polar surface area (TPSA) is 65.5 Å². The molecule has 17 heavy (non-hydrogen) atoms. The van der Waals surface area contributed by atoms with E-state index < -0.39 is 0 Å². The van der Waals surface area contributed by atoms with Gasteiger partial charge in [0.2, 0.25) is 0 Å². The van der Waals surface area contributed by atoms with E-state index in [1.165, 1.54) is 31.3 Å². The van der Waals surface area contributed by atoms with Crippen molar-refractivity contribution in [2.24, 2.45) is 0 Å². The summed E-state index contributed by atoms with van der Waals surface area (Å²) in [7, 11) is 0. The Balaban J connectivity index is 1.77. The lowest BCUT2D eigenvalue weighted by Crippen LogP contribution is -2.33. The van der Waals surface area contributed by atoms with Crippen LogP contribution in [0.25, 0.3) is 0 Å². The van der Waals surface area contributed by atoms with Crippen LogP contribution in [0, 0.1) is 0 Å². The zero-order valence-corrected chi connectivity index (χ0v) is 9.72. The maximum Gasteiger partial charge on any atom is 0.253 e. The summed E-state index contributed by atoms with van der Waals surface area (Å²) in [6.07, 6.45) is 5.26. The van der Waals surface area contributed by atoms with E-state index in [4.69, 9.17) is 0 Å². The zero-order valence-electron chi connectivity index (χ0n) is 9.72. The van der Waals surface area contributed by atoms with Crippen LogP contribution in [-0.4, -0.2) is 47.1 Å². The fourth-order valence-corrected chi connectivity index (χ4v) is 1.99. The lowest BCUT2D eigenvalue weighted by Gasteiger charge is -2.14. The Bertz CT molecular complexity index is 389. The first-order valence-corrected chi connectivity index (χ1v) is 5.90. The number of nitrogens with zero attached hydrogens (tertiary/aromatic N) is 2. The van der Waals surface area contributed by atoms with E-state index in [0.29, 0.717) is 12.1 Å². The Kier molecular flexibility index (Phi) is 3.93. The summed E-state index contributed by atoms with van der Waals surface area (Å²) < 4.78 is 0. The normalized spacial score (nSPS) is 16.0. The van der Waals surface area contributed by atoms with Gasteiger partial charge in [0.15, 0.2) is 0 Å². The smallest absolute Gasteiger partial charge is 0.253 e. The van der Waals surface area contributed by atoms with Crippen LogP contribution in [0.2, 0.25) is 0 Å². The van der Waals surface area contributed by atoms with Gasteiger partial charge >= 0.3 is 0 Å². The van der Waals surface area contributed by atoms with Crippen molar-refractivity contribution in [3.05, 3.63) is 24.0 Å². The fraction of sp³-hybridized carbons (Fsp3) is 0.500. The number of likely N-dealkylation sites (tertiary alicyclic amines) is 1. The van der Waals surface area contributed by atoms with Gasteiger partial charge in [-0.1, -0.05) is 0 Å². The number of amides is 1. The monoisotopic (exact) mass is 235 g/mol. The molecule has 1 aromatic heterocycles. The molecule has 5 nitrogen and oxygen atoms in total. The molecule has 0 radical (unpaired) electrons. The zero-order chi connectivity index (χ0) is 12.1. The first-order valence-electron chi connectivity index (χ1n) is 5.90. The van der Waals surface area contributed by atoms with Crippen LogP contribution < -0.4 is 5.32 Å². The highest BCUT2D eigenvalue weighted by Crippen LogP contribution is 2.08. The van der Waals surface area contributed by atoms with E-state index in [0.717, 1.165) is 19.6 Å². The van der Waals surface area contributed by atoms with Gasteiger partial charge in [0.1, 0.15) is 5.75 Å². The standard InChI is InChI=1S/C12H17N3O2/c16-11-7-10(8-13-9-11)12(17)14-3-6-15-4-1-2-5-15/h7-9,16H,1-6H2,(H,14,17). The van der Waals surface area contributed by atoms with E-state index in [2.05, 4.69) is 15.2 Å². The van der Waals surface area contributed by atoms with Crippen LogP contribution in [0.3, 0.4) is 0 Å². The number of carbonyl (C=O) groups is 1. The molecule has 1 aliphatic heterocycles. The van der Waals surface area contributed by atoms with E-state index in [-0.39, 0.29) is 11.7 Å². The van der Waals surface area contributed by atoms with Crippen LogP contribution in [0.15, 0.2) is 18.5 Å². The highest BCUT2D eigenvalue weighted by atomic mass is 16.3. The van der Waals surface area contributed by atoms with Crippen LogP contribution in [-0.2, 0) is 0 Å². The molecule has 92 valence electrons. The number of rotatable bonds is 4. The average molecular weight is 235 g/mol. The number of hydrogen-bond donors (Lipinski definition) is 2. The van der Waals surface area contributed by atoms with Gasteiger partial charge in [-0.25, -0.2) is 0 Å². The maximum atomic E-state index is 11.7. The van der Waals surface area contributed by atoms with Gasteiger partial charge in [0.05, 0.1) is 11.8 Å². The average Bonchev–Trinajstić information content (AvgIpc) is 2.82. The van der Waals surface area contributed by atoms with Crippen molar-refractivity contribution in [3.63, 3.8) is 0 Å². The molecule has 1 aliphatic rings. The van der Waals surface area contributed by atoms with Gasteiger partial charge in [-0.2, -0.15) is 0 Å². The molecule has 0 spiro atoms. The van der Waals surface area contributed by atoms with Crippen molar-refractivity contribution >= 4 is 5.91 Å². The molecule has 1 saturated heterocycles. The Morgan fingerprint density at radius 2 is 2.18 bits per heavy atom. The second kappa shape index (κ2) is 5.63. The molecule has 2 heterocycles. The quantitative estimate of drug-likeness (QED) is 0.802.